The number of hydrogen-bond acceptors (Lipinski definition) is 4. The van der Waals surface area contributed by atoms with Gasteiger partial charge in [-0.15, -0.1) is 0 Å². The molecular weight excluding hydrogens is 190 g/mol. The third kappa shape index (κ3) is 2.04. The lowest BCUT2D eigenvalue weighted by molar-refractivity contribution is 0.413. The first-order chi connectivity index (χ1) is 7.35. The Morgan fingerprint density at radius 1 is 1.60 bits per heavy atom. The topological polar surface area (TPSA) is 51.4 Å². The van der Waals surface area contributed by atoms with Gasteiger partial charge in [0, 0.05) is 19.1 Å². The van der Waals surface area contributed by atoms with Crippen LogP contribution in [0.2, 0.25) is 0 Å². The molecule has 0 aromatic carbocycles. The van der Waals surface area contributed by atoms with Gasteiger partial charge in [0.2, 0.25) is 0 Å². The summed E-state index contributed by atoms with van der Waals surface area (Å²) in [5, 5.41) is 0. The molecule has 0 radical (unpaired) electrons. The molecule has 0 aliphatic carbocycles. The molecule has 1 aliphatic rings. The molecule has 0 amide bonds. The maximum absolute atomic E-state index is 5.72. The average molecular weight is 207 g/mol. The van der Waals surface area contributed by atoms with E-state index in [-0.39, 0.29) is 0 Å². The first-order valence-corrected chi connectivity index (χ1v) is 5.32. The van der Waals surface area contributed by atoms with Gasteiger partial charge >= 0.3 is 0 Å². The van der Waals surface area contributed by atoms with E-state index in [1.165, 1.54) is 12.8 Å². The number of aromatic nitrogens is 1. The molecule has 2 rings (SSSR count). The van der Waals surface area contributed by atoms with Crippen LogP contribution in [0.4, 0.5) is 5.82 Å². The number of anilines is 1. The molecule has 4 nitrogen and oxygen atoms in total. The Hall–Kier alpha value is -1.29. The molecule has 1 atom stereocenters. The number of nitrogens with zero attached hydrogens (tertiary/aromatic N) is 2. The highest BCUT2D eigenvalue weighted by Gasteiger charge is 2.23. The zero-order valence-corrected chi connectivity index (χ0v) is 9.02. The van der Waals surface area contributed by atoms with Crippen molar-refractivity contribution in [2.45, 2.75) is 18.9 Å². The summed E-state index contributed by atoms with van der Waals surface area (Å²) in [6, 6.07) is 4.38. The molecule has 1 aromatic heterocycles. The summed E-state index contributed by atoms with van der Waals surface area (Å²) in [4.78, 5) is 6.65. The van der Waals surface area contributed by atoms with E-state index in [9.17, 15) is 0 Å². The van der Waals surface area contributed by atoms with Gasteiger partial charge in [0.1, 0.15) is 11.6 Å². The first kappa shape index (κ1) is 10.2. The third-order valence-electron chi connectivity index (χ3n) is 2.90. The lowest BCUT2D eigenvalue weighted by atomic mass is 10.2. The molecule has 0 saturated carbocycles. The average Bonchev–Trinajstić information content (AvgIpc) is 2.77. The molecule has 1 aromatic rings. The summed E-state index contributed by atoms with van der Waals surface area (Å²) in [6.45, 7) is 1.76. The van der Waals surface area contributed by atoms with E-state index in [2.05, 4.69) is 9.88 Å². The highest BCUT2D eigenvalue weighted by molar-refractivity contribution is 5.43. The number of rotatable bonds is 3. The van der Waals surface area contributed by atoms with Gasteiger partial charge in [-0.1, -0.05) is 0 Å². The van der Waals surface area contributed by atoms with Crippen LogP contribution in [0.15, 0.2) is 18.3 Å². The summed E-state index contributed by atoms with van der Waals surface area (Å²) >= 11 is 0. The van der Waals surface area contributed by atoms with Crippen molar-refractivity contribution in [1.82, 2.24) is 4.98 Å². The van der Waals surface area contributed by atoms with Gasteiger partial charge in [0.25, 0.3) is 0 Å². The van der Waals surface area contributed by atoms with Crippen molar-refractivity contribution in [1.29, 1.82) is 0 Å². The monoisotopic (exact) mass is 207 g/mol. The molecule has 2 N–H and O–H groups in total. The highest BCUT2D eigenvalue weighted by Crippen LogP contribution is 2.24. The number of ether oxygens (including phenoxy) is 1. The normalized spacial score (nSPS) is 20.7. The first-order valence-electron chi connectivity index (χ1n) is 5.32. The Balaban J connectivity index is 2.14. The molecule has 15 heavy (non-hydrogen) atoms. The van der Waals surface area contributed by atoms with Crippen LogP contribution in [0, 0.1) is 0 Å². The van der Waals surface area contributed by atoms with Crippen LogP contribution < -0.4 is 15.4 Å². The number of hydrogen-bond donors (Lipinski definition) is 1. The van der Waals surface area contributed by atoms with Crippen molar-refractivity contribution in [2.24, 2.45) is 5.73 Å². The molecule has 0 spiro atoms. The highest BCUT2D eigenvalue weighted by atomic mass is 16.5. The fourth-order valence-corrected chi connectivity index (χ4v) is 2.05. The molecule has 1 saturated heterocycles. The Morgan fingerprint density at radius 2 is 2.47 bits per heavy atom. The van der Waals surface area contributed by atoms with Crippen LogP contribution in [0.5, 0.6) is 5.75 Å². The van der Waals surface area contributed by atoms with Crippen molar-refractivity contribution in [2.75, 3.05) is 25.1 Å². The quantitative estimate of drug-likeness (QED) is 0.804. The van der Waals surface area contributed by atoms with E-state index in [1.807, 2.05) is 12.1 Å². The van der Waals surface area contributed by atoms with Gasteiger partial charge < -0.3 is 15.4 Å². The van der Waals surface area contributed by atoms with Crippen LogP contribution in [0.3, 0.4) is 0 Å². The predicted molar refractivity (Wildman–Crippen MR) is 60.2 cm³/mol. The molecule has 1 fully saturated rings. The van der Waals surface area contributed by atoms with Gasteiger partial charge in [-0.3, -0.25) is 0 Å². The standard InChI is InChI=1S/C11H17N3O/c1-15-10-4-5-11(13-8-10)14-6-2-3-9(14)7-12/h4-5,8-9H,2-3,6-7,12H2,1H3. The van der Waals surface area contributed by atoms with Crippen LogP contribution in [0.25, 0.3) is 0 Å². The second kappa shape index (κ2) is 4.49. The minimum absolute atomic E-state index is 0.450. The maximum atomic E-state index is 5.72. The maximum Gasteiger partial charge on any atom is 0.137 e. The summed E-state index contributed by atoms with van der Waals surface area (Å²) < 4.78 is 5.08. The largest absolute Gasteiger partial charge is 0.495 e. The van der Waals surface area contributed by atoms with E-state index in [0.29, 0.717) is 12.6 Å². The van der Waals surface area contributed by atoms with Crippen molar-refractivity contribution < 1.29 is 4.74 Å². The zero-order valence-electron chi connectivity index (χ0n) is 9.02. The predicted octanol–water partition coefficient (Wildman–Crippen LogP) is 1.02. The fourth-order valence-electron chi connectivity index (χ4n) is 2.05. The zero-order chi connectivity index (χ0) is 10.7. The molecule has 0 bridgehead atoms. The summed E-state index contributed by atoms with van der Waals surface area (Å²) in [5.41, 5.74) is 5.72. The molecule has 1 unspecified atom stereocenters. The van der Waals surface area contributed by atoms with Crippen molar-refractivity contribution in [3.8, 4) is 5.75 Å². The minimum atomic E-state index is 0.450. The van der Waals surface area contributed by atoms with Gasteiger partial charge in [-0.25, -0.2) is 4.98 Å². The van der Waals surface area contributed by atoms with Crippen molar-refractivity contribution >= 4 is 5.82 Å². The Bertz CT molecular complexity index is 312. The van der Waals surface area contributed by atoms with Crippen LogP contribution in [0.1, 0.15) is 12.8 Å². The van der Waals surface area contributed by atoms with E-state index < -0.39 is 0 Å². The van der Waals surface area contributed by atoms with E-state index in [0.717, 1.165) is 18.1 Å². The minimum Gasteiger partial charge on any atom is -0.495 e. The Labute approximate surface area is 90.0 Å². The van der Waals surface area contributed by atoms with Crippen molar-refractivity contribution in [3.63, 3.8) is 0 Å². The Kier molecular flexibility index (Phi) is 3.06. The molecule has 1 aliphatic heterocycles. The van der Waals surface area contributed by atoms with E-state index in [4.69, 9.17) is 10.5 Å². The lowest BCUT2D eigenvalue weighted by Gasteiger charge is -2.24. The molecule has 2 heterocycles. The van der Waals surface area contributed by atoms with Gasteiger partial charge in [0.05, 0.1) is 13.3 Å². The van der Waals surface area contributed by atoms with Gasteiger partial charge in [0.15, 0.2) is 0 Å². The smallest absolute Gasteiger partial charge is 0.137 e. The number of methoxy groups -OCH3 is 1. The van der Waals surface area contributed by atoms with Crippen molar-refractivity contribution in [3.05, 3.63) is 18.3 Å². The van der Waals surface area contributed by atoms with Gasteiger partial charge in [-0.05, 0) is 25.0 Å². The van der Waals surface area contributed by atoms with Gasteiger partial charge in [-0.2, -0.15) is 0 Å². The van der Waals surface area contributed by atoms with E-state index >= 15 is 0 Å². The number of pyridine rings is 1. The SMILES string of the molecule is COc1ccc(N2CCCC2CN)nc1. The molecular formula is C11H17N3O. The van der Waals surface area contributed by atoms with Crippen LogP contribution in [-0.4, -0.2) is 31.2 Å². The number of nitrogens with two attached hydrogens (primary N) is 1. The summed E-state index contributed by atoms with van der Waals surface area (Å²) in [7, 11) is 1.65. The summed E-state index contributed by atoms with van der Waals surface area (Å²) in [6.07, 6.45) is 4.13. The summed E-state index contributed by atoms with van der Waals surface area (Å²) in [5.74, 6) is 1.80. The Morgan fingerprint density at radius 3 is 3.07 bits per heavy atom. The molecule has 82 valence electrons. The fraction of sp³-hybridized carbons (Fsp3) is 0.545. The van der Waals surface area contributed by atoms with Crippen LogP contribution >= 0.6 is 0 Å². The van der Waals surface area contributed by atoms with Crippen LogP contribution in [-0.2, 0) is 0 Å². The third-order valence-corrected chi connectivity index (χ3v) is 2.90. The van der Waals surface area contributed by atoms with E-state index in [1.54, 1.807) is 13.3 Å². The second-order valence-electron chi connectivity index (χ2n) is 3.78. The molecule has 4 heteroatoms. The lowest BCUT2D eigenvalue weighted by Crippen LogP contribution is -2.35. The second-order valence-corrected chi connectivity index (χ2v) is 3.78.